The molecule has 0 fully saturated rings. The van der Waals surface area contributed by atoms with Gasteiger partial charge in [-0.05, 0) is 55.5 Å². The van der Waals surface area contributed by atoms with Crippen LogP contribution >= 0.6 is 11.8 Å². The number of benzene rings is 2. The van der Waals surface area contributed by atoms with Crippen LogP contribution in [-0.2, 0) is 11.0 Å². The highest BCUT2D eigenvalue weighted by atomic mass is 32.2. The van der Waals surface area contributed by atoms with E-state index in [0.29, 0.717) is 16.7 Å². The van der Waals surface area contributed by atoms with Crippen molar-refractivity contribution in [1.82, 2.24) is 14.8 Å². The summed E-state index contributed by atoms with van der Waals surface area (Å²) in [6.07, 6.45) is -4.44. The van der Waals surface area contributed by atoms with E-state index in [4.69, 9.17) is 0 Å². The van der Waals surface area contributed by atoms with Gasteiger partial charge in [-0.25, -0.2) is 4.39 Å². The normalized spacial score (nSPS) is 12.8. The summed E-state index contributed by atoms with van der Waals surface area (Å²) >= 11 is 1.13. The highest BCUT2D eigenvalue weighted by molar-refractivity contribution is 7.99. The van der Waals surface area contributed by atoms with Crippen molar-refractivity contribution in [3.05, 3.63) is 65.7 Å². The highest BCUT2D eigenvalue weighted by Gasteiger charge is 2.30. The van der Waals surface area contributed by atoms with Gasteiger partial charge in [0.2, 0.25) is 5.91 Å². The van der Waals surface area contributed by atoms with E-state index in [1.165, 1.54) is 24.3 Å². The Balaban J connectivity index is 1.75. The molecular formula is C21H22F4N5OS+. The van der Waals surface area contributed by atoms with Crippen LogP contribution < -0.4 is 10.2 Å². The first-order valence-electron chi connectivity index (χ1n) is 9.67. The summed E-state index contributed by atoms with van der Waals surface area (Å²) in [5, 5.41) is 11.5. The van der Waals surface area contributed by atoms with Gasteiger partial charge in [-0.1, -0.05) is 11.8 Å². The Morgan fingerprint density at radius 1 is 1.09 bits per heavy atom. The van der Waals surface area contributed by atoms with Crippen molar-refractivity contribution in [1.29, 1.82) is 0 Å². The Labute approximate surface area is 186 Å². The van der Waals surface area contributed by atoms with E-state index in [9.17, 15) is 22.4 Å². The average Bonchev–Trinajstić information content (AvgIpc) is 3.15. The second-order valence-corrected chi connectivity index (χ2v) is 8.31. The fourth-order valence-electron chi connectivity index (χ4n) is 2.82. The van der Waals surface area contributed by atoms with Gasteiger partial charge >= 0.3 is 6.18 Å². The lowest BCUT2D eigenvalue weighted by atomic mass is 10.2. The van der Waals surface area contributed by atoms with Gasteiger partial charge in [0.25, 0.3) is 0 Å². The van der Waals surface area contributed by atoms with Crippen LogP contribution in [0, 0.1) is 5.82 Å². The molecular weight excluding hydrogens is 446 g/mol. The molecule has 0 aliphatic rings. The second-order valence-electron chi connectivity index (χ2n) is 7.36. The lowest BCUT2D eigenvalue weighted by molar-refractivity contribution is -0.890. The molecule has 0 spiro atoms. The predicted molar refractivity (Wildman–Crippen MR) is 113 cm³/mol. The molecule has 32 heavy (non-hydrogen) atoms. The van der Waals surface area contributed by atoms with Crippen molar-refractivity contribution in [3.63, 3.8) is 0 Å². The minimum Gasteiger partial charge on any atom is -0.331 e. The minimum absolute atomic E-state index is 0.0251. The fourth-order valence-corrected chi connectivity index (χ4v) is 3.57. The number of hydrogen-bond acceptors (Lipinski definition) is 4. The second kappa shape index (κ2) is 9.70. The smallest absolute Gasteiger partial charge is 0.331 e. The molecule has 0 aliphatic carbocycles. The lowest BCUT2D eigenvalue weighted by Gasteiger charge is -2.18. The molecule has 3 aromatic rings. The van der Waals surface area contributed by atoms with E-state index >= 15 is 0 Å². The van der Waals surface area contributed by atoms with E-state index in [-0.39, 0.29) is 23.3 Å². The summed E-state index contributed by atoms with van der Waals surface area (Å²) in [6, 6.07) is 10.1. The molecule has 0 bridgehead atoms. The minimum atomic E-state index is -4.44. The molecule has 0 saturated heterocycles. The SMILES string of the molecule is C[C@H](c1nnc(SCC(=O)Nc2ccc(C(F)(F)F)cc2)n1-c1ccc(F)cc1)[NH+](C)C. The molecule has 1 atom stereocenters. The molecule has 3 rings (SSSR count). The maximum atomic E-state index is 13.4. The van der Waals surface area contributed by atoms with Crippen LogP contribution in [0.4, 0.5) is 23.2 Å². The summed E-state index contributed by atoms with van der Waals surface area (Å²) in [6.45, 7) is 1.98. The van der Waals surface area contributed by atoms with E-state index in [0.717, 1.165) is 28.8 Å². The van der Waals surface area contributed by atoms with Crippen LogP contribution in [0.25, 0.3) is 5.69 Å². The zero-order valence-electron chi connectivity index (χ0n) is 17.6. The Hall–Kier alpha value is -2.92. The van der Waals surface area contributed by atoms with Crippen LogP contribution in [0.15, 0.2) is 53.7 Å². The highest BCUT2D eigenvalue weighted by Crippen LogP contribution is 2.30. The van der Waals surface area contributed by atoms with Gasteiger partial charge in [-0.2, -0.15) is 13.2 Å². The molecule has 1 heterocycles. The number of quaternary nitrogens is 1. The first-order chi connectivity index (χ1) is 15.1. The van der Waals surface area contributed by atoms with E-state index < -0.39 is 17.6 Å². The van der Waals surface area contributed by atoms with Gasteiger partial charge in [-0.3, -0.25) is 9.36 Å². The lowest BCUT2D eigenvalue weighted by Crippen LogP contribution is -3.05. The zero-order chi connectivity index (χ0) is 23.5. The molecule has 1 amide bonds. The monoisotopic (exact) mass is 468 g/mol. The maximum Gasteiger partial charge on any atom is 0.416 e. The number of amides is 1. The zero-order valence-corrected chi connectivity index (χ0v) is 18.4. The number of halogens is 4. The number of carbonyl (C=O) groups is 1. The van der Waals surface area contributed by atoms with Crippen LogP contribution in [0.2, 0.25) is 0 Å². The summed E-state index contributed by atoms with van der Waals surface area (Å²) < 4.78 is 53.2. The van der Waals surface area contributed by atoms with E-state index in [2.05, 4.69) is 15.5 Å². The molecule has 170 valence electrons. The Bertz CT molecular complexity index is 1070. The number of anilines is 1. The third-order valence-electron chi connectivity index (χ3n) is 4.82. The number of rotatable bonds is 7. The summed E-state index contributed by atoms with van der Waals surface area (Å²) in [4.78, 5) is 13.5. The van der Waals surface area contributed by atoms with Crippen molar-refractivity contribution < 1.29 is 27.3 Å². The number of carbonyl (C=O) groups excluding carboxylic acids is 1. The number of alkyl halides is 3. The first-order valence-corrected chi connectivity index (χ1v) is 10.7. The van der Waals surface area contributed by atoms with Gasteiger partial charge in [-0.15, -0.1) is 10.2 Å². The van der Waals surface area contributed by atoms with Crippen molar-refractivity contribution >= 4 is 23.4 Å². The molecule has 1 aromatic heterocycles. The maximum absolute atomic E-state index is 13.4. The van der Waals surface area contributed by atoms with Gasteiger partial charge in [0.05, 0.1) is 25.4 Å². The average molecular weight is 469 g/mol. The number of thioether (sulfide) groups is 1. The molecule has 11 heteroatoms. The van der Waals surface area contributed by atoms with E-state index in [1.54, 1.807) is 16.7 Å². The summed E-state index contributed by atoms with van der Waals surface area (Å²) in [7, 11) is 3.94. The standard InChI is InChI=1S/C21H21F4N5OS/c1-13(29(2)3)19-27-28-20(30(19)17-10-6-15(22)7-11-17)32-12-18(31)26-16-8-4-14(5-9-16)21(23,24)25/h4-11,13H,12H2,1-3H3,(H,26,31)/p+1/t13-/m1/s1. The van der Waals surface area contributed by atoms with Crippen molar-refractivity contribution in [2.75, 3.05) is 25.2 Å². The predicted octanol–water partition coefficient (Wildman–Crippen LogP) is 3.36. The van der Waals surface area contributed by atoms with Crippen LogP contribution in [0.3, 0.4) is 0 Å². The number of nitrogens with one attached hydrogen (secondary N) is 2. The Morgan fingerprint density at radius 3 is 2.28 bits per heavy atom. The largest absolute Gasteiger partial charge is 0.416 e. The number of aromatic nitrogens is 3. The third kappa shape index (κ3) is 5.65. The topological polar surface area (TPSA) is 64.2 Å². The van der Waals surface area contributed by atoms with Gasteiger partial charge in [0.15, 0.2) is 11.0 Å². The van der Waals surface area contributed by atoms with Crippen LogP contribution in [0.1, 0.15) is 24.4 Å². The molecule has 0 saturated carbocycles. The van der Waals surface area contributed by atoms with E-state index in [1.807, 2.05) is 21.0 Å². The Kier molecular flexibility index (Phi) is 7.19. The van der Waals surface area contributed by atoms with Crippen LogP contribution in [0.5, 0.6) is 0 Å². The molecule has 0 aliphatic heterocycles. The molecule has 2 N–H and O–H groups in total. The van der Waals surface area contributed by atoms with Crippen molar-refractivity contribution in [3.8, 4) is 5.69 Å². The van der Waals surface area contributed by atoms with Crippen molar-refractivity contribution in [2.24, 2.45) is 0 Å². The van der Waals surface area contributed by atoms with Crippen LogP contribution in [-0.4, -0.2) is 40.5 Å². The molecule has 6 nitrogen and oxygen atoms in total. The summed E-state index contributed by atoms with van der Waals surface area (Å²) in [5.41, 5.74) is 0.126. The van der Waals surface area contributed by atoms with Gasteiger partial charge < -0.3 is 10.2 Å². The quantitative estimate of drug-likeness (QED) is 0.412. The van der Waals surface area contributed by atoms with Gasteiger partial charge in [0, 0.05) is 11.4 Å². The van der Waals surface area contributed by atoms with Crippen molar-refractivity contribution in [2.45, 2.75) is 24.3 Å². The Morgan fingerprint density at radius 2 is 1.72 bits per heavy atom. The fraction of sp³-hybridized carbons (Fsp3) is 0.286. The molecule has 0 radical (unpaired) electrons. The number of nitrogens with zero attached hydrogens (tertiary/aromatic N) is 3. The summed E-state index contributed by atoms with van der Waals surface area (Å²) in [5.74, 6) is -0.165. The molecule has 0 unspecified atom stereocenters. The third-order valence-corrected chi connectivity index (χ3v) is 5.75. The first kappa shape index (κ1) is 23.7. The van der Waals surface area contributed by atoms with Gasteiger partial charge in [0.1, 0.15) is 11.9 Å². The number of hydrogen-bond donors (Lipinski definition) is 2. The molecule has 2 aromatic carbocycles.